The molecule has 0 spiro atoms. The Labute approximate surface area is 93.2 Å². The predicted molar refractivity (Wildman–Crippen MR) is 52.4 cm³/mol. The molecule has 2 atom stereocenters. The third kappa shape index (κ3) is 3.00. The van der Waals surface area contributed by atoms with Crippen LogP contribution < -0.4 is 0 Å². The molecule has 1 saturated heterocycles. The summed E-state index contributed by atoms with van der Waals surface area (Å²) in [5, 5.41) is 0.392. The van der Waals surface area contributed by atoms with Crippen molar-refractivity contribution in [3.63, 3.8) is 0 Å². The van der Waals surface area contributed by atoms with Gasteiger partial charge in [-0.3, -0.25) is 14.4 Å². The molecule has 1 aliphatic heterocycles. The van der Waals surface area contributed by atoms with Gasteiger partial charge in [0.1, 0.15) is 0 Å². The van der Waals surface area contributed by atoms with Crippen LogP contribution in [-0.4, -0.2) is 34.7 Å². The van der Waals surface area contributed by atoms with Crippen LogP contribution in [-0.2, 0) is 28.8 Å². The number of ether oxygens (including phenoxy) is 1. The first-order valence-electron chi connectivity index (χ1n) is 4.42. The molecule has 16 heavy (non-hydrogen) atoms. The fraction of sp³-hybridized carbons (Fsp3) is 0.500. The second-order valence-electron chi connectivity index (χ2n) is 3.02. The van der Waals surface area contributed by atoms with Crippen molar-refractivity contribution in [3.05, 3.63) is 0 Å². The van der Waals surface area contributed by atoms with Crippen LogP contribution in [0.5, 0.6) is 0 Å². The van der Waals surface area contributed by atoms with E-state index in [0.717, 1.165) is 6.92 Å². The van der Waals surface area contributed by atoms with Gasteiger partial charge in [-0.25, -0.2) is 4.79 Å². The quantitative estimate of drug-likeness (QED) is 0.374. The molecule has 1 aliphatic rings. The highest BCUT2D eigenvalue weighted by Crippen LogP contribution is 2.14. The zero-order valence-corrected chi connectivity index (χ0v) is 9.62. The van der Waals surface area contributed by atoms with Gasteiger partial charge in [-0.2, -0.15) is 0 Å². The van der Waals surface area contributed by atoms with Gasteiger partial charge in [0, 0.05) is 19.8 Å². The van der Waals surface area contributed by atoms with Crippen molar-refractivity contribution >= 4 is 33.0 Å². The van der Waals surface area contributed by atoms with Crippen molar-refractivity contribution in [2.75, 3.05) is 0 Å². The third-order valence-corrected chi connectivity index (χ3v) is 2.12. The van der Waals surface area contributed by atoms with Gasteiger partial charge < -0.3 is 9.57 Å². The van der Waals surface area contributed by atoms with Crippen LogP contribution in [0.4, 0.5) is 0 Å². The lowest BCUT2D eigenvalue weighted by Gasteiger charge is -2.15. The molecule has 0 bridgehead atoms. The summed E-state index contributed by atoms with van der Waals surface area (Å²) in [6.45, 7) is 1.12. The van der Waals surface area contributed by atoms with Crippen LogP contribution in [0.2, 0.25) is 0 Å². The maximum absolute atomic E-state index is 11.3. The van der Waals surface area contributed by atoms with Gasteiger partial charge in [0.15, 0.2) is 0 Å². The van der Waals surface area contributed by atoms with E-state index in [0.29, 0.717) is 5.06 Å². The summed E-state index contributed by atoms with van der Waals surface area (Å²) in [5.41, 5.74) is 0. The standard InChI is InChI=1S/C8H10NO6P/c1-4(10)14-8(16)7(13)15-9-5(11)2-3-6(9)12/h8H,2-3,16H2,1H3/t8-/m0/s1. The number of carbonyl (C=O) groups excluding carboxylic acids is 4. The fourth-order valence-electron chi connectivity index (χ4n) is 1.03. The number of rotatable bonds is 3. The second-order valence-corrected chi connectivity index (χ2v) is 3.63. The predicted octanol–water partition coefficient (Wildman–Crippen LogP) is -0.642. The molecular weight excluding hydrogens is 237 g/mol. The van der Waals surface area contributed by atoms with Crippen molar-refractivity contribution in [2.24, 2.45) is 0 Å². The first kappa shape index (κ1) is 12.6. The average molecular weight is 247 g/mol. The van der Waals surface area contributed by atoms with Crippen LogP contribution in [0.25, 0.3) is 0 Å². The van der Waals surface area contributed by atoms with Crippen molar-refractivity contribution in [2.45, 2.75) is 25.6 Å². The summed E-state index contributed by atoms with van der Waals surface area (Å²) in [4.78, 5) is 48.4. The van der Waals surface area contributed by atoms with Crippen molar-refractivity contribution in [1.29, 1.82) is 0 Å². The van der Waals surface area contributed by atoms with E-state index in [1.165, 1.54) is 0 Å². The summed E-state index contributed by atoms with van der Waals surface area (Å²) in [5.74, 6) is -4.07. The third-order valence-electron chi connectivity index (χ3n) is 1.71. The molecule has 0 aromatic carbocycles. The Balaban J connectivity index is 2.53. The number of hydrogen-bond acceptors (Lipinski definition) is 6. The highest BCUT2D eigenvalue weighted by molar-refractivity contribution is 7.19. The average Bonchev–Trinajstić information content (AvgIpc) is 2.48. The molecule has 7 nitrogen and oxygen atoms in total. The highest BCUT2D eigenvalue weighted by Gasteiger charge is 2.34. The minimum Gasteiger partial charge on any atom is -0.446 e. The zero-order valence-electron chi connectivity index (χ0n) is 8.47. The maximum atomic E-state index is 11.3. The molecule has 0 saturated carbocycles. The molecule has 1 heterocycles. The minimum absolute atomic E-state index is 0.0151. The van der Waals surface area contributed by atoms with Gasteiger partial charge in [0.05, 0.1) is 0 Å². The van der Waals surface area contributed by atoms with Crippen LogP contribution in [0, 0.1) is 0 Å². The molecule has 0 aromatic heterocycles. The Kier molecular flexibility index (Phi) is 3.95. The Hall–Kier alpha value is -1.49. The maximum Gasteiger partial charge on any atom is 0.377 e. The number of esters is 1. The SMILES string of the molecule is CC(=O)O[C@@H](P)C(=O)ON1C(=O)CCC1=O. The molecule has 0 N–H and O–H groups in total. The number of hydroxylamine groups is 2. The molecule has 1 fully saturated rings. The normalized spacial score (nSPS) is 17.2. The largest absolute Gasteiger partial charge is 0.446 e. The van der Waals surface area contributed by atoms with Crippen LogP contribution in [0.1, 0.15) is 19.8 Å². The Morgan fingerprint density at radius 1 is 1.31 bits per heavy atom. The lowest BCUT2D eigenvalue weighted by molar-refractivity contribution is -0.202. The smallest absolute Gasteiger partial charge is 0.377 e. The lowest BCUT2D eigenvalue weighted by atomic mass is 10.4. The van der Waals surface area contributed by atoms with Crippen molar-refractivity contribution in [3.8, 4) is 0 Å². The van der Waals surface area contributed by atoms with Gasteiger partial charge in [0.2, 0.25) is 5.85 Å². The van der Waals surface area contributed by atoms with Crippen molar-refractivity contribution < 1.29 is 28.8 Å². The number of nitrogens with zero attached hydrogens (tertiary/aromatic N) is 1. The van der Waals surface area contributed by atoms with E-state index >= 15 is 0 Å². The summed E-state index contributed by atoms with van der Waals surface area (Å²) in [6.07, 6.45) is 0.0302. The van der Waals surface area contributed by atoms with Gasteiger partial charge in [-0.05, 0) is 0 Å². The molecule has 2 amide bonds. The molecule has 0 aliphatic carbocycles. The summed E-state index contributed by atoms with van der Waals surface area (Å²) < 4.78 is 4.49. The van der Waals surface area contributed by atoms with Gasteiger partial charge >= 0.3 is 11.9 Å². The lowest BCUT2D eigenvalue weighted by Crippen LogP contribution is -2.36. The summed E-state index contributed by atoms with van der Waals surface area (Å²) in [7, 11) is 1.93. The number of amides is 2. The molecule has 8 heteroatoms. The zero-order chi connectivity index (χ0) is 12.3. The highest BCUT2D eigenvalue weighted by atomic mass is 31.0. The topological polar surface area (TPSA) is 90.0 Å². The Morgan fingerprint density at radius 2 is 1.81 bits per heavy atom. The second kappa shape index (κ2) is 5.03. The van der Waals surface area contributed by atoms with E-state index in [-0.39, 0.29) is 12.8 Å². The molecule has 1 unspecified atom stereocenters. The van der Waals surface area contributed by atoms with Crippen LogP contribution >= 0.6 is 9.24 Å². The van der Waals surface area contributed by atoms with E-state index in [1.54, 1.807) is 0 Å². The van der Waals surface area contributed by atoms with Gasteiger partial charge in [-0.15, -0.1) is 5.06 Å². The molecule has 1 rings (SSSR count). The Morgan fingerprint density at radius 3 is 2.25 bits per heavy atom. The van der Waals surface area contributed by atoms with E-state index < -0.39 is 29.6 Å². The van der Waals surface area contributed by atoms with E-state index in [4.69, 9.17) is 0 Å². The molecule has 0 aromatic rings. The summed E-state index contributed by atoms with van der Waals surface area (Å²) >= 11 is 0. The minimum atomic E-state index is -1.24. The van der Waals surface area contributed by atoms with Crippen LogP contribution in [0.15, 0.2) is 0 Å². The molecular formula is C8H10NO6P. The number of hydrogen-bond donors (Lipinski definition) is 0. The monoisotopic (exact) mass is 247 g/mol. The number of imide groups is 1. The fourth-order valence-corrected chi connectivity index (χ4v) is 1.28. The van der Waals surface area contributed by atoms with E-state index in [2.05, 4.69) is 9.57 Å². The van der Waals surface area contributed by atoms with E-state index in [1.807, 2.05) is 9.24 Å². The number of carbonyl (C=O) groups is 4. The molecule has 88 valence electrons. The molecule has 0 radical (unpaired) electrons. The Bertz CT molecular complexity index is 338. The van der Waals surface area contributed by atoms with Crippen LogP contribution in [0.3, 0.4) is 0 Å². The van der Waals surface area contributed by atoms with Gasteiger partial charge in [-0.1, -0.05) is 9.24 Å². The first-order chi connectivity index (χ1) is 7.41. The van der Waals surface area contributed by atoms with Gasteiger partial charge in [0.25, 0.3) is 11.8 Å². The summed E-state index contributed by atoms with van der Waals surface area (Å²) in [6, 6.07) is 0. The van der Waals surface area contributed by atoms with E-state index in [9.17, 15) is 19.2 Å². The van der Waals surface area contributed by atoms with Crippen molar-refractivity contribution in [1.82, 2.24) is 5.06 Å². The first-order valence-corrected chi connectivity index (χ1v) is 5.09.